The van der Waals surface area contributed by atoms with Crippen molar-refractivity contribution in [3.05, 3.63) is 29.8 Å². The first-order valence-corrected chi connectivity index (χ1v) is 8.71. The Hall–Kier alpha value is -1.71. The molecule has 4 nitrogen and oxygen atoms in total. The second kappa shape index (κ2) is 7.71. The van der Waals surface area contributed by atoms with E-state index in [4.69, 9.17) is 4.74 Å². The minimum absolute atomic E-state index is 0.226. The highest BCUT2D eigenvalue weighted by Gasteiger charge is 2.24. The maximum atomic E-state index is 11.8. The van der Waals surface area contributed by atoms with Crippen molar-refractivity contribution in [1.82, 2.24) is 5.32 Å². The van der Waals surface area contributed by atoms with Crippen LogP contribution in [-0.4, -0.2) is 23.8 Å². The molecule has 0 atom stereocenters. The number of benzene rings is 1. The highest BCUT2D eigenvalue weighted by Crippen LogP contribution is 2.24. The third kappa shape index (κ3) is 5.77. The van der Waals surface area contributed by atoms with Crippen LogP contribution in [0.25, 0.3) is 0 Å². The molecule has 23 heavy (non-hydrogen) atoms. The standard InChI is InChI=1S/C19H30N2O2/c1-5-14-8-6-7-9-17(14)20-15-10-12-16(13-11-15)21-18(22)23-19(2,3)4/h6-9,15-16,20H,5,10-13H2,1-4H3,(H,21,22). The number of ether oxygens (including phenoxy) is 1. The molecule has 2 rings (SSSR count). The number of rotatable bonds is 4. The van der Waals surface area contributed by atoms with Gasteiger partial charge in [-0.05, 0) is 64.5 Å². The molecule has 4 heteroatoms. The van der Waals surface area contributed by atoms with Gasteiger partial charge in [0.15, 0.2) is 0 Å². The van der Waals surface area contributed by atoms with Gasteiger partial charge in [0.25, 0.3) is 0 Å². The molecule has 2 N–H and O–H groups in total. The molecule has 0 bridgehead atoms. The van der Waals surface area contributed by atoms with Crippen LogP contribution in [0, 0.1) is 0 Å². The summed E-state index contributed by atoms with van der Waals surface area (Å²) < 4.78 is 5.33. The Morgan fingerprint density at radius 3 is 2.35 bits per heavy atom. The maximum Gasteiger partial charge on any atom is 0.407 e. The lowest BCUT2D eigenvalue weighted by Crippen LogP contribution is -2.42. The molecule has 128 valence electrons. The van der Waals surface area contributed by atoms with Gasteiger partial charge < -0.3 is 15.4 Å². The largest absolute Gasteiger partial charge is 0.444 e. The fourth-order valence-corrected chi connectivity index (χ4v) is 3.05. The number of hydrogen-bond acceptors (Lipinski definition) is 3. The zero-order valence-corrected chi connectivity index (χ0v) is 14.8. The Morgan fingerprint density at radius 2 is 1.74 bits per heavy atom. The fraction of sp³-hybridized carbons (Fsp3) is 0.632. The average molecular weight is 318 g/mol. The molecule has 0 aromatic heterocycles. The summed E-state index contributed by atoms with van der Waals surface area (Å²) >= 11 is 0. The van der Waals surface area contributed by atoms with E-state index in [-0.39, 0.29) is 12.1 Å². The third-order valence-electron chi connectivity index (χ3n) is 4.21. The van der Waals surface area contributed by atoms with Crippen LogP contribution >= 0.6 is 0 Å². The molecule has 0 aliphatic heterocycles. The summed E-state index contributed by atoms with van der Waals surface area (Å²) in [6.45, 7) is 7.85. The van der Waals surface area contributed by atoms with E-state index in [0.717, 1.165) is 32.1 Å². The molecule has 1 amide bonds. The lowest BCUT2D eigenvalue weighted by molar-refractivity contribution is 0.0492. The minimum atomic E-state index is -0.438. The lowest BCUT2D eigenvalue weighted by Gasteiger charge is -2.31. The molecule has 0 spiro atoms. The van der Waals surface area contributed by atoms with Crippen molar-refractivity contribution < 1.29 is 9.53 Å². The van der Waals surface area contributed by atoms with Crippen molar-refractivity contribution in [1.29, 1.82) is 0 Å². The van der Waals surface area contributed by atoms with Crippen LogP contribution in [0.1, 0.15) is 58.9 Å². The first-order valence-electron chi connectivity index (χ1n) is 8.71. The van der Waals surface area contributed by atoms with Crippen LogP contribution in [0.3, 0.4) is 0 Å². The second-order valence-corrected chi connectivity index (χ2v) is 7.35. The van der Waals surface area contributed by atoms with Gasteiger partial charge in [-0.2, -0.15) is 0 Å². The molecule has 1 saturated carbocycles. The van der Waals surface area contributed by atoms with E-state index >= 15 is 0 Å². The Balaban J connectivity index is 1.79. The Kier molecular flexibility index (Phi) is 5.91. The third-order valence-corrected chi connectivity index (χ3v) is 4.21. The second-order valence-electron chi connectivity index (χ2n) is 7.35. The molecular formula is C19H30N2O2. The van der Waals surface area contributed by atoms with Crippen LogP contribution in [0.5, 0.6) is 0 Å². The predicted molar refractivity (Wildman–Crippen MR) is 94.9 cm³/mol. The summed E-state index contributed by atoms with van der Waals surface area (Å²) in [6, 6.07) is 9.22. The number of amides is 1. The number of anilines is 1. The topological polar surface area (TPSA) is 50.4 Å². The van der Waals surface area contributed by atoms with Crippen molar-refractivity contribution in [2.24, 2.45) is 0 Å². The van der Waals surface area contributed by atoms with Crippen LogP contribution in [-0.2, 0) is 11.2 Å². The van der Waals surface area contributed by atoms with Crippen LogP contribution < -0.4 is 10.6 Å². The van der Waals surface area contributed by atoms with E-state index in [9.17, 15) is 4.79 Å². The smallest absolute Gasteiger partial charge is 0.407 e. The monoisotopic (exact) mass is 318 g/mol. The van der Waals surface area contributed by atoms with E-state index in [0.29, 0.717) is 6.04 Å². The number of nitrogens with one attached hydrogen (secondary N) is 2. The maximum absolute atomic E-state index is 11.8. The molecule has 0 heterocycles. The summed E-state index contributed by atoms with van der Waals surface area (Å²) in [5, 5.41) is 6.66. The molecule has 0 saturated heterocycles. The number of alkyl carbamates (subject to hydrolysis) is 1. The van der Waals surface area contributed by atoms with Crippen molar-refractivity contribution >= 4 is 11.8 Å². The van der Waals surface area contributed by atoms with Crippen molar-refractivity contribution in [2.45, 2.75) is 77.5 Å². The number of hydrogen-bond donors (Lipinski definition) is 2. The first-order chi connectivity index (χ1) is 10.9. The zero-order valence-electron chi connectivity index (χ0n) is 14.8. The normalized spacial score (nSPS) is 21.6. The lowest BCUT2D eigenvalue weighted by atomic mass is 9.91. The fourth-order valence-electron chi connectivity index (χ4n) is 3.05. The van der Waals surface area contributed by atoms with Crippen molar-refractivity contribution in [2.75, 3.05) is 5.32 Å². The van der Waals surface area contributed by atoms with Gasteiger partial charge in [-0.1, -0.05) is 25.1 Å². The summed E-state index contributed by atoms with van der Waals surface area (Å²) in [5.74, 6) is 0. The number of carbonyl (C=O) groups excluding carboxylic acids is 1. The summed E-state index contributed by atoms with van der Waals surface area (Å²) in [4.78, 5) is 11.8. The van der Waals surface area contributed by atoms with Crippen LogP contribution in [0.2, 0.25) is 0 Å². The van der Waals surface area contributed by atoms with Gasteiger partial charge in [-0.3, -0.25) is 0 Å². The number of aryl methyl sites for hydroxylation is 1. The number of para-hydroxylation sites is 1. The Morgan fingerprint density at radius 1 is 1.13 bits per heavy atom. The van der Waals surface area contributed by atoms with Gasteiger partial charge in [0.1, 0.15) is 5.60 Å². The first kappa shape index (κ1) is 17.6. The van der Waals surface area contributed by atoms with E-state index in [1.165, 1.54) is 11.3 Å². The average Bonchev–Trinajstić information content (AvgIpc) is 2.48. The van der Waals surface area contributed by atoms with E-state index in [1.54, 1.807) is 0 Å². The Labute approximate surface area is 140 Å². The summed E-state index contributed by atoms with van der Waals surface area (Å²) in [5.41, 5.74) is 2.17. The molecule has 0 unspecified atom stereocenters. The molecule has 0 radical (unpaired) electrons. The summed E-state index contributed by atoms with van der Waals surface area (Å²) in [7, 11) is 0. The van der Waals surface area contributed by atoms with Crippen LogP contribution in [0.15, 0.2) is 24.3 Å². The van der Waals surface area contributed by atoms with Gasteiger partial charge >= 0.3 is 6.09 Å². The zero-order chi connectivity index (χ0) is 16.9. The predicted octanol–water partition coefficient (Wildman–Crippen LogP) is 4.50. The molecular weight excluding hydrogens is 288 g/mol. The Bertz CT molecular complexity index is 514. The van der Waals surface area contributed by atoms with Gasteiger partial charge in [0.2, 0.25) is 0 Å². The molecule has 1 aliphatic carbocycles. The molecule has 1 aromatic rings. The minimum Gasteiger partial charge on any atom is -0.444 e. The summed E-state index contributed by atoms with van der Waals surface area (Å²) in [6.07, 6.45) is 4.86. The number of carbonyl (C=O) groups is 1. The van der Waals surface area contributed by atoms with Crippen molar-refractivity contribution in [3.63, 3.8) is 0 Å². The van der Waals surface area contributed by atoms with Crippen LogP contribution in [0.4, 0.5) is 10.5 Å². The van der Waals surface area contributed by atoms with E-state index < -0.39 is 5.60 Å². The van der Waals surface area contributed by atoms with E-state index in [1.807, 2.05) is 20.8 Å². The van der Waals surface area contributed by atoms with Gasteiger partial charge in [0.05, 0.1) is 0 Å². The van der Waals surface area contributed by atoms with Gasteiger partial charge in [0, 0.05) is 17.8 Å². The molecule has 1 aromatic carbocycles. The SMILES string of the molecule is CCc1ccccc1NC1CCC(NC(=O)OC(C)(C)C)CC1. The molecule has 1 aliphatic rings. The van der Waals surface area contributed by atoms with Gasteiger partial charge in [-0.15, -0.1) is 0 Å². The quantitative estimate of drug-likeness (QED) is 0.859. The van der Waals surface area contributed by atoms with Crippen molar-refractivity contribution in [3.8, 4) is 0 Å². The highest BCUT2D eigenvalue weighted by atomic mass is 16.6. The van der Waals surface area contributed by atoms with Gasteiger partial charge in [-0.25, -0.2) is 4.79 Å². The van der Waals surface area contributed by atoms with E-state index in [2.05, 4.69) is 41.8 Å². The molecule has 1 fully saturated rings. The highest BCUT2D eigenvalue weighted by molar-refractivity contribution is 5.68.